The third-order valence-electron chi connectivity index (χ3n) is 3.82. The van der Waals surface area contributed by atoms with Crippen LogP contribution in [0.25, 0.3) is 11.5 Å². The zero-order valence-corrected chi connectivity index (χ0v) is 13.5. The van der Waals surface area contributed by atoms with Crippen molar-refractivity contribution in [3.63, 3.8) is 0 Å². The summed E-state index contributed by atoms with van der Waals surface area (Å²) in [5.74, 6) is 1.34. The normalized spacial score (nSPS) is 16.3. The van der Waals surface area contributed by atoms with E-state index in [0.717, 1.165) is 0 Å². The molecule has 7 heteroatoms. The third-order valence-corrected chi connectivity index (χ3v) is 3.82. The first-order valence-electron chi connectivity index (χ1n) is 7.60. The van der Waals surface area contributed by atoms with Crippen molar-refractivity contribution in [2.75, 3.05) is 13.7 Å². The number of ether oxygens (including phenoxy) is 1. The van der Waals surface area contributed by atoms with Crippen LogP contribution in [-0.2, 0) is 11.3 Å². The quantitative estimate of drug-likeness (QED) is 0.720. The van der Waals surface area contributed by atoms with Gasteiger partial charge in [-0.1, -0.05) is 12.2 Å². The number of phenolic OH excluding ortho intramolecular Hbond substituents is 1. The van der Waals surface area contributed by atoms with E-state index < -0.39 is 0 Å². The number of oxazole rings is 1. The van der Waals surface area contributed by atoms with Gasteiger partial charge in [0.05, 0.1) is 13.7 Å². The maximum Gasteiger partial charge on any atom is 0.241 e. The molecule has 0 aliphatic carbocycles. The molecule has 0 spiro atoms. The van der Waals surface area contributed by atoms with E-state index in [1.54, 1.807) is 19.1 Å². The van der Waals surface area contributed by atoms with Crippen LogP contribution in [0.15, 0.2) is 34.8 Å². The van der Waals surface area contributed by atoms with Crippen LogP contribution in [0.5, 0.6) is 11.5 Å². The van der Waals surface area contributed by atoms with Gasteiger partial charge in [-0.2, -0.15) is 0 Å². The number of aromatic nitrogens is 1. The molecule has 0 saturated heterocycles. The van der Waals surface area contributed by atoms with Gasteiger partial charge in [-0.25, -0.2) is 4.98 Å². The Morgan fingerprint density at radius 3 is 3.08 bits per heavy atom. The van der Waals surface area contributed by atoms with Gasteiger partial charge < -0.3 is 19.6 Å². The predicted molar refractivity (Wildman–Crippen MR) is 87.7 cm³/mol. The van der Waals surface area contributed by atoms with Crippen LogP contribution >= 0.6 is 0 Å². The third kappa shape index (κ3) is 3.26. The van der Waals surface area contributed by atoms with Gasteiger partial charge in [0, 0.05) is 12.1 Å². The molecule has 1 aromatic carbocycles. The Labute approximate surface area is 139 Å². The summed E-state index contributed by atoms with van der Waals surface area (Å²) in [6.45, 7) is 2.78. The minimum absolute atomic E-state index is 0.0501. The number of carbonyl (C=O) groups is 1. The summed E-state index contributed by atoms with van der Waals surface area (Å²) in [5.41, 5.74) is 1.35. The number of nitrogens with zero attached hydrogens (tertiary/aromatic N) is 1. The van der Waals surface area contributed by atoms with Crippen LogP contribution in [-0.4, -0.2) is 35.7 Å². The first kappa shape index (κ1) is 16.1. The Balaban J connectivity index is 1.73. The number of methoxy groups -OCH3 is 1. The molecule has 2 aromatic rings. The molecular weight excluding hydrogens is 310 g/mol. The lowest BCUT2D eigenvalue weighted by Gasteiger charge is -2.09. The molecule has 1 aliphatic heterocycles. The highest BCUT2D eigenvalue weighted by Gasteiger charge is 2.19. The summed E-state index contributed by atoms with van der Waals surface area (Å²) in [6.07, 6.45) is 3.75. The molecule has 126 valence electrons. The van der Waals surface area contributed by atoms with Gasteiger partial charge in [-0.05, 0) is 25.1 Å². The van der Waals surface area contributed by atoms with Gasteiger partial charge in [0.25, 0.3) is 0 Å². The zero-order valence-electron chi connectivity index (χ0n) is 13.5. The Morgan fingerprint density at radius 2 is 2.38 bits per heavy atom. The van der Waals surface area contributed by atoms with E-state index in [0.29, 0.717) is 35.2 Å². The summed E-state index contributed by atoms with van der Waals surface area (Å²) >= 11 is 0. The van der Waals surface area contributed by atoms with Crippen molar-refractivity contribution in [3.8, 4) is 23.0 Å². The highest BCUT2D eigenvalue weighted by Crippen LogP contribution is 2.31. The highest BCUT2D eigenvalue weighted by atomic mass is 16.5. The fourth-order valence-corrected chi connectivity index (χ4v) is 2.45. The average Bonchev–Trinajstić information content (AvgIpc) is 3.23. The second kappa shape index (κ2) is 6.76. The van der Waals surface area contributed by atoms with Gasteiger partial charge in [-0.15, -0.1) is 0 Å². The first-order valence-corrected chi connectivity index (χ1v) is 7.60. The second-order valence-corrected chi connectivity index (χ2v) is 5.44. The molecule has 24 heavy (non-hydrogen) atoms. The van der Waals surface area contributed by atoms with Crippen LogP contribution in [0.1, 0.15) is 11.5 Å². The summed E-state index contributed by atoms with van der Waals surface area (Å²) in [7, 11) is 1.48. The number of carbonyl (C=O) groups excluding carboxylic acids is 1. The lowest BCUT2D eigenvalue weighted by Crippen LogP contribution is -2.40. The van der Waals surface area contributed by atoms with Gasteiger partial charge in [0.2, 0.25) is 11.8 Å². The van der Waals surface area contributed by atoms with Crippen LogP contribution < -0.4 is 15.4 Å². The monoisotopic (exact) mass is 329 g/mol. The fraction of sp³-hybridized carbons (Fsp3) is 0.294. The number of rotatable bonds is 5. The summed E-state index contributed by atoms with van der Waals surface area (Å²) < 4.78 is 10.8. The molecule has 1 atom stereocenters. The van der Waals surface area contributed by atoms with Crippen molar-refractivity contribution in [2.45, 2.75) is 19.5 Å². The van der Waals surface area contributed by atoms with E-state index >= 15 is 0 Å². The smallest absolute Gasteiger partial charge is 0.241 e. The number of aromatic hydroxyl groups is 1. The molecule has 1 aromatic heterocycles. The lowest BCUT2D eigenvalue weighted by molar-refractivity contribution is -0.122. The number of hydrogen-bond donors (Lipinski definition) is 3. The number of phenols is 1. The van der Waals surface area contributed by atoms with Crippen LogP contribution in [0.4, 0.5) is 0 Å². The first-order chi connectivity index (χ1) is 11.6. The predicted octanol–water partition coefficient (Wildman–Crippen LogP) is 1.51. The maximum absolute atomic E-state index is 12.0. The molecule has 0 fully saturated rings. The second-order valence-electron chi connectivity index (χ2n) is 5.44. The van der Waals surface area contributed by atoms with Gasteiger partial charge in [0.1, 0.15) is 17.5 Å². The van der Waals surface area contributed by atoms with E-state index in [2.05, 4.69) is 15.6 Å². The Hall–Kier alpha value is -2.80. The number of benzene rings is 1. The fourth-order valence-electron chi connectivity index (χ4n) is 2.45. The van der Waals surface area contributed by atoms with Crippen molar-refractivity contribution in [1.82, 2.24) is 15.6 Å². The molecule has 3 rings (SSSR count). The Kier molecular flexibility index (Phi) is 4.52. The Morgan fingerprint density at radius 1 is 1.54 bits per heavy atom. The average molecular weight is 329 g/mol. The van der Waals surface area contributed by atoms with E-state index in [1.165, 1.54) is 13.2 Å². The Bertz CT molecular complexity index is 782. The van der Waals surface area contributed by atoms with Crippen molar-refractivity contribution < 1.29 is 19.1 Å². The molecular formula is C17H19N3O4. The minimum Gasteiger partial charge on any atom is -0.504 e. The summed E-state index contributed by atoms with van der Waals surface area (Å²) in [5, 5.41) is 15.5. The molecule has 1 amide bonds. The minimum atomic E-state index is -0.293. The van der Waals surface area contributed by atoms with E-state index in [4.69, 9.17) is 9.15 Å². The number of amides is 1. The number of nitrogens with one attached hydrogen (secondary N) is 2. The molecule has 2 heterocycles. The topological polar surface area (TPSA) is 96.6 Å². The standard InChI is InChI=1S/C17H19N3O4/c1-10-13(9-19-16(22)12-4-3-7-18-12)20-17(24-10)11-5-6-14(21)15(8-11)23-2/h3-6,8,12,18,21H,7,9H2,1-2H3,(H,19,22). The molecule has 0 saturated carbocycles. The van der Waals surface area contributed by atoms with Crippen molar-refractivity contribution in [3.05, 3.63) is 41.8 Å². The highest BCUT2D eigenvalue weighted by molar-refractivity contribution is 5.84. The molecule has 1 unspecified atom stereocenters. The number of aryl methyl sites for hydroxylation is 1. The van der Waals surface area contributed by atoms with Crippen molar-refractivity contribution in [2.24, 2.45) is 0 Å². The van der Waals surface area contributed by atoms with E-state index in [-0.39, 0.29) is 24.2 Å². The molecule has 0 bridgehead atoms. The van der Waals surface area contributed by atoms with E-state index in [1.807, 2.05) is 12.2 Å². The van der Waals surface area contributed by atoms with E-state index in [9.17, 15) is 9.90 Å². The van der Waals surface area contributed by atoms with Gasteiger partial charge in [-0.3, -0.25) is 10.1 Å². The summed E-state index contributed by atoms with van der Waals surface area (Å²) in [4.78, 5) is 16.4. The summed E-state index contributed by atoms with van der Waals surface area (Å²) in [6, 6.07) is 4.57. The number of hydrogen-bond acceptors (Lipinski definition) is 6. The van der Waals surface area contributed by atoms with Crippen LogP contribution in [0, 0.1) is 6.92 Å². The van der Waals surface area contributed by atoms with Gasteiger partial charge in [0.15, 0.2) is 11.5 Å². The van der Waals surface area contributed by atoms with Crippen LogP contribution in [0.2, 0.25) is 0 Å². The maximum atomic E-state index is 12.0. The molecule has 3 N–H and O–H groups in total. The molecule has 7 nitrogen and oxygen atoms in total. The SMILES string of the molecule is COc1cc(-c2nc(CNC(=O)C3C=CCN3)c(C)o2)ccc1O. The lowest BCUT2D eigenvalue weighted by atomic mass is 10.2. The zero-order chi connectivity index (χ0) is 17.1. The van der Waals surface area contributed by atoms with Crippen molar-refractivity contribution >= 4 is 5.91 Å². The molecule has 0 radical (unpaired) electrons. The van der Waals surface area contributed by atoms with Crippen molar-refractivity contribution in [1.29, 1.82) is 0 Å². The van der Waals surface area contributed by atoms with Crippen LogP contribution in [0.3, 0.4) is 0 Å². The molecule has 1 aliphatic rings. The van der Waals surface area contributed by atoms with Gasteiger partial charge >= 0.3 is 0 Å². The largest absolute Gasteiger partial charge is 0.504 e.